The second kappa shape index (κ2) is 11.5. The van der Waals surface area contributed by atoms with Crippen LogP contribution in [-0.4, -0.2) is 26.2 Å². The van der Waals surface area contributed by atoms with Crippen LogP contribution in [0.1, 0.15) is 27.9 Å². The van der Waals surface area contributed by atoms with Gasteiger partial charge in [-0.3, -0.25) is 4.79 Å². The summed E-state index contributed by atoms with van der Waals surface area (Å²) in [5.41, 5.74) is 8.29. The van der Waals surface area contributed by atoms with Crippen molar-refractivity contribution < 1.29 is 14.3 Å². The van der Waals surface area contributed by atoms with E-state index < -0.39 is 0 Å². The highest BCUT2D eigenvalue weighted by Gasteiger charge is 2.04. The highest BCUT2D eigenvalue weighted by atomic mass is 35.5. The van der Waals surface area contributed by atoms with Crippen LogP contribution in [0, 0.1) is 0 Å². The Balaban J connectivity index is 0.00000312. The minimum absolute atomic E-state index is 0. The molecule has 0 unspecified atom stereocenters. The first-order valence-corrected chi connectivity index (χ1v) is 8.01. The Morgan fingerprint density at radius 1 is 1.04 bits per heavy atom. The minimum atomic E-state index is -0.0753. The van der Waals surface area contributed by atoms with Gasteiger partial charge in [-0.25, -0.2) is 0 Å². The molecule has 0 heterocycles. The number of halogens is 1. The molecule has 0 radical (unpaired) electrons. The SMILES string of the molecule is COc1ccc(COCCCNC(=O)c2ccc(CN)cc2)cc1.Cl. The van der Waals surface area contributed by atoms with Gasteiger partial charge in [-0.1, -0.05) is 24.3 Å². The maximum atomic E-state index is 12.0. The largest absolute Gasteiger partial charge is 0.497 e. The van der Waals surface area contributed by atoms with Gasteiger partial charge in [0, 0.05) is 25.3 Å². The van der Waals surface area contributed by atoms with Crippen molar-refractivity contribution in [3.05, 3.63) is 65.2 Å². The van der Waals surface area contributed by atoms with E-state index >= 15 is 0 Å². The predicted molar refractivity (Wildman–Crippen MR) is 101 cm³/mol. The van der Waals surface area contributed by atoms with Gasteiger partial charge in [0.1, 0.15) is 5.75 Å². The van der Waals surface area contributed by atoms with Crippen LogP contribution in [-0.2, 0) is 17.9 Å². The lowest BCUT2D eigenvalue weighted by molar-refractivity contribution is 0.0934. The standard InChI is InChI=1S/C19H24N2O3.ClH/c1-23-18-9-5-16(6-10-18)14-24-12-2-11-21-19(22)17-7-3-15(13-20)4-8-17;/h3-10H,2,11-14,20H2,1H3,(H,21,22);1H. The maximum Gasteiger partial charge on any atom is 0.251 e. The molecule has 0 aromatic heterocycles. The number of rotatable bonds is 9. The van der Waals surface area contributed by atoms with Gasteiger partial charge in [-0.05, 0) is 41.8 Å². The van der Waals surface area contributed by atoms with Gasteiger partial charge in [0.15, 0.2) is 0 Å². The number of nitrogens with one attached hydrogen (secondary N) is 1. The van der Waals surface area contributed by atoms with Gasteiger partial charge >= 0.3 is 0 Å². The van der Waals surface area contributed by atoms with Crippen molar-refractivity contribution in [3.8, 4) is 5.75 Å². The van der Waals surface area contributed by atoms with Gasteiger partial charge in [0.05, 0.1) is 13.7 Å². The summed E-state index contributed by atoms with van der Waals surface area (Å²) in [5, 5.41) is 2.88. The number of ether oxygens (including phenoxy) is 2. The normalized spacial score (nSPS) is 10.0. The van der Waals surface area contributed by atoms with Crippen LogP contribution in [0.25, 0.3) is 0 Å². The molecule has 0 aliphatic heterocycles. The highest BCUT2D eigenvalue weighted by molar-refractivity contribution is 5.94. The van der Waals surface area contributed by atoms with Gasteiger partial charge in [0.2, 0.25) is 0 Å². The van der Waals surface area contributed by atoms with Gasteiger partial charge < -0.3 is 20.5 Å². The molecule has 25 heavy (non-hydrogen) atoms. The van der Waals surface area contributed by atoms with E-state index in [1.54, 1.807) is 19.2 Å². The van der Waals surface area contributed by atoms with Crippen LogP contribution < -0.4 is 15.8 Å². The van der Waals surface area contributed by atoms with E-state index in [-0.39, 0.29) is 18.3 Å². The molecule has 2 aromatic rings. The average molecular weight is 365 g/mol. The van der Waals surface area contributed by atoms with Gasteiger partial charge in [-0.2, -0.15) is 0 Å². The smallest absolute Gasteiger partial charge is 0.251 e. The molecule has 0 saturated heterocycles. The van der Waals surface area contributed by atoms with Crippen LogP contribution in [0.5, 0.6) is 5.75 Å². The molecule has 2 aromatic carbocycles. The second-order valence-corrected chi connectivity index (χ2v) is 5.41. The van der Waals surface area contributed by atoms with E-state index in [9.17, 15) is 4.79 Å². The lowest BCUT2D eigenvalue weighted by Crippen LogP contribution is -2.25. The predicted octanol–water partition coefficient (Wildman–Crippen LogP) is 2.91. The molecule has 0 saturated carbocycles. The van der Waals surface area contributed by atoms with E-state index in [4.69, 9.17) is 15.2 Å². The molecule has 5 nitrogen and oxygen atoms in total. The number of amides is 1. The Hall–Kier alpha value is -2.08. The summed E-state index contributed by atoms with van der Waals surface area (Å²) in [7, 11) is 1.65. The fourth-order valence-electron chi connectivity index (χ4n) is 2.18. The molecule has 0 aliphatic carbocycles. The lowest BCUT2D eigenvalue weighted by Gasteiger charge is -2.07. The van der Waals surface area contributed by atoms with Crippen molar-refractivity contribution in [2.45, 2.75) is 19.6 Å². The minimum Gasteiger partial charge on any atom is -0.497 e. The van der Waals surface area contributed by atoms with E-state index in [1.165, 1.54) is 0 Å². The Bertz CT molecular complexity index is 630. The summed E-state index contributed by atoms with van der Waals surface area (Å²) >= 11 is 0. The summed E-state index contributed by atoms with van der Waals surface area (Å²) in [6.45, 7) is 2.21. The Kier molecular flexibility index (Phi) is 9.62. The number of methoxy groups -OCH3 is 1. The Morgan fingerprint density at radius 3 is 2.28 bits per heavy atom. The number of carbonyl (C=O) groups excluding carboxylic acids is 1. The number of carbonyl (C=O) groups is 1. The summed E-state index contributed by atoms with van der Waals surface area (Å²) in [4.78, 5) is 12.0. The van der Waals surface area contributed by atoms with Crippen LogP contribution in [0.4, 0.5) is 0 Å². The highest BCUT2D eigenvalue weighted by Crippen LogP contribution is 2.11. The molecule has 2 rings (SSSR count). The summed E-state index contributed by atoms with van der Waals surface area (Å²) in [6.07, 6.45) is 0.767. The molecular formula is C19H25ClN2O3. The van der Waals surface area contributed by atoms with Crippen molar-refractivity contribution >= 4 is 18.3 Å². The maximum absolute atomic E-state index is 12.0. The van der Waals surface area contributed by atoms with Crippen LogP contribution >= 0.6 is 12.4 Å². The van der Waals surface area contributed by atoms with Gasteiger partial charge in [-0.15, -0.1) is 12.4 Å². The molecule has 0 fully saturated rings. The van der Waals surface area contributed by atoms with Crippen molar-refractivity contribution in [2.24, 2.45) is 5.73 Å². The quantitative estimate of drug-likeness (QED) is 0.671. The molecule has 136 valence electrons. The fourth-order valence-corrected chi connectivity index (χ4v) is 2.18. The van der Waals surface area contributed by atoms with E-state index in [0.29, 0.717) is 31.9 Å². The van der Waals surface area contributed by atoms with E-state index in [0.717, 1.165) is 23.3 Å². The molecule has 0 atom stereocenters. The van der Waals surface area contributed by atoms with Crippen molar-refractivity contribution in [1.29, 1.82) is 0 Å². The number of nitrogens with two attached hydrogens (primary N) is 1. The molecule has 1 amide bonds. The summed E-state index contributed by atoms with van der Waals surface area (Å²) in [5.74, 6) is 0.759. The Labute approximate surface area is 154 Å². The zero-order chi connectivity index (χ0) is 17.2. The number of hydrogen-bond acceptors (Lipinski definition) is 4. The topological polar surface area (TPSA) is 73.6 Å². The second-order valence-electron chi connectivity index (χ2n) is 5.41. The van der Waals surface area contributed by atoms with Crippen LogP contribution in [0.15, 0.2) is 48.5 Å². The zero-order valence-electron chi connectivity index (χ0n) is 14.4. The first kappa shape index (κ1) is 21.0. The third-order valence-corrected chi connectivity index (χ3v) is 3.63. The first-order chi connectivity index (χ1) is 11.7. The van der Waals surface area contributed by atoms with Crippen LogP contribution in [0.2, 0.25) is 0 Å². The van der Waals surface area contributed by atoms with Gasteiger partial charge in [0.25, 0.3) is 5.91 Å². The summed E-state index contributed by atoms with van der Waals surface area (Å²) in [6, 6.07) is 15.1. The Morgan fingerprint density at radius 2 is 1.68 bits per heavy atom. The third-order valence-electron chi connectivity index (χ3n) is 3.63. The van der Waals surface area contributed by atoms with Crippen LogP contribution in [0.3, 0.4) is 0 Å². The first-order valence-electron chi connectivity index (χ1n) is 8.01. The zero-order valence-corrected chi connectivity index (χ0v) is 15.2. The van der Waals surface area contributed by atoms with Crippen molar-refractivity contribution in [1.82, 2.24) is 5.32 Å². The lowest BCUT2D eigenvalue weighted by atomic mass is 10.1. The molecule has 0 bridgehead atoms. The third kappa shape index (κ3) is 7.13. The molecule has 0 spiro atoms. The van der Waals surface area contributed by atoms with Crippen molar-refractivity contribution in [2.75, 3.05) is 20.3 Å². The summed E-state index contributed by atoms with van der Waals surface area (Å²) < 4.78 is 10.7. The monoisotopic (exact) mass is 364 g/mol. The molecule has 3 N–H and O–H groups in total. The number of hydrogen-bond donors (Lipinski definition) is 2. The molecular weight excluding hydrogens is 340 g/mol. The molecule has 6 heteroatoms. The van der Waals surface area contributed by atoms with Crippen molar-refractivity contribution in [3.63, 3.8) is 0 Å². The number of benzene rings is 2. The molecule has 0 aliphatic rings. The average Bonchev–Trinajstić information content (AvgIpc) is 2.65. The fraction of sp³-hybridized carbons (Fsp3) is 0.316. The van der Waals surface area contributed by atoms with E-state index in [1.807, 2.05) is 36.4 Å². The van der Waals surface area contributed by atoms with E-state index in [2.05, 4.69) is 5.32 Å².